The number of rotatable bonds is 6. The first-order chi connectivity index (χ1) is 12.4. The second-order valence-corrected chi connectivity index (χ2v) is 6.29. The van der Waals surface area contributed by atoms with Crippen LogP contribution >= 0.6 is 0 Å². The Morgan fingerprint density at radius 2 is 2.15 bits per heavy atom. The van der Waals surface area contributed by atoms with Crippen molar-refractivity contribution in [2.24, 2.45) is 0 Å². The Kier molecular flexibility index (Phi) is 6.31. The monoisotopic (exact) mass is 352 g/mol. The van der Waals surface area contributed by atoms with E-state index in [1.165, 1.54) is 0 Å². The lowest BCUT2D eigenvalue weighted by Gasteiger charge is -2.17. The summed E-state index contributed by atoms with van der Waals surface area (Å²) < 4.78 is 7.38. The lowest BCUT2D eigenvalue weighted by Crippen LogP contribution is -2.15. The summed E-state index contributed by atoms with van der Waals surface area (Å²) in [6, 6.07) is 9.45. The van der Waals surface area contributed by atoms with Gasteiger partial charge in [-0.2, -0.15) is 5.26 Å². The van der Waals surface area contributed by atoms with Gasteiger partial charge in [-0.25, -0.2) is 4.98 Å². The zero-order valence-electron chi connectivity index (χ0n) is 15.8. The van der Waals surface area contributed by atoms with Crippen molar-refractivity contribution in [1.29, 1.82) is 5.26 Å². The van der Waals surface area contributed by atoms with Gasteiger partial charge in [0.05, 0.1) is 12.6 Å². The first kappa shape index (κ1) is 19.4. The molecule has 6 heteroatoms. The van der Waals surface area contributed by atoms with Crippen molar-refractivity contribution in [2.45, 2.75) is 33.7 Å². The number of aromatic nitrogens is 2. The minimum atomic E-state index is -0.472. The summed E-state index contributed by atoms with van der Waals surface area (Å²) in [5, 5.41) is 12.1. The topological polar surface area (TPSA) is 79.9 Å². The average Bonchev–Trinajstić information content (AvgIpc) is 2.86. The number of methoxy groups -OCH3 is 1. The summed E-state index contributed by atoms with van der Waals surface area (Å²) in [7, 11) is 1.67. The van der Waals surface area contributed by atoms with Crippen molar-refractivity contribution in [3.05, 3.63) is 52.5 Å². The van der Waals surface area contributed by atoms with Crippen LogP contribution in [0.15, 0.2) is 29.8 Å². The molecule has 0 aromatic carbocycles. The predicted octanol–water partition coefficient (Wildman–Crippen LogP) is 3.56. The maximum Gasteiger partial charge on any atom is 0.267 e. The molecule has 1 N–H and O–H groups in total. The number of nitrogens with zero attached hydrogens (tertiary/aromatic N) is 3. The number of carbonyl (C=O) groups excluding carboxylic acids is 1. The van der Waals surface area contributed by atoms with Crippen LogP contribution in [0.5, 0.6) is 0 Å². The summed E-state index contributed by atoms with van der Waals surface area (Å²) in [5.41, 5.74) is 3.71. The summed E-state index contributed by atoms with van der Waals surface area (Å²) >= 11 is 0. The van der Waals surface area contributed by atoms with Gasteiger partial charge in [0.25, 0.3) is 5.91 Å². The van der Waals surface area contributed by atoms with E-state index in [1.54, 1.807) is 25.3 Å². The molecule has 2 rings (SSSR count). The number of ether oxygens (including phenoxy) is 1. The fourth-order valence-corrected chi connectivity index (χ4v) is 3.04. The van der Waals surface area contributed by atoms with E-state index >= 15 is 0 Å². The number of carbonyl (C=O) groups is 1. The smallest absolute Gasteiger partial charge is 0.267 e. The highest BCUT2D eigenvalue weighted by Gasteiger charge is 2.16. The summed E-state index contributed by atoms with van der Waals surface area (Å²) in [6.45, 7) is 8.47. The minimum Gasteiger partial charge on any atom is -0.383 e. The number of nitrogens with one attached hydrogen (secondary N) is 1. The normalized spacial score (nSPS) is 12.5. The zero-order chi connectivity index (χ0) is 19.3. The van der Waals surface area contributed by atoms with Crippen LogP contribution in [-0.4, -0.2) is 29.2 Å². The van der Waals surface area contributed by atoms with Crippen LogP contribution in [0.2, 0.25) is 0 Å². The molecule has 0 aliphatic rings. The minimum absolute atomic E-state index is 0.0351. The van der Waals surface area contributed by atoms with Gasteiger partial charge in [-0.1, -0.05) is 6.07 Å². The molecular formula is C20H24N4O2. The van der Waals surface area contributed by atoms with Crippen LogP contribution in [0.3, 0.4) is 0 Å². The molecule has 136 valence electrons. The maximum atomic E-state index is 12.4. The highest BCUT2D eigenvalue weighted by Crippen LogP contribution is 2.23. The summed E-state index contributed by atoms with van der Waals surface area (Å²) in [4.78, 5) is 16.7. The fourth-order valence-electron chi connectivity index (χ4n) is 3.04. The Hall–Kier alpha value is -2.91. The number of anilines is 1. The van der Waals surface area contributed by atoms with E-state index in [2.05, 4.69) is 21.8 Å². The molecule has 0 fully saturated rings. The van der Waals surface area contributed by atoms with Crippen molar-refractivity contribution >= 4 is 17.8 Å². The van der Waals surface area contributed by atoms with Crippen molar-refractivity contribution in [3.63, 3.8) is 0 Å². The van der Waals surface area contributed by atoms with Gasteiger partial charge in [-0.05, 0) is 57.5 Å². The van der Waals surface area contributed by atoms with Crippen LogP contribution in [0.1, 0.15) is 35.6 Å². The molecule has 2 aromatic rings. The van der Waals surface area contributed by atoms with Gasteiger partial charge < -0.3 is 14.6 Å². The van der Waals surface area contributed by atoms with Crippen molar-refractivity contribution < 1.29 is 9.53 Å². The molecular weight excluding hydrogens is 328 g/mol. The predicted molar refractivity (Wildman–Crippen MR) is 102 cm³/mol. The second kappa shape index (κ2) is 8.45. The van der Waals surface area contributed by atoms with E-state index in [1.807, 2.05) is 39.0 Å². The molecule has 26 heavy (non-hydrogen) atoms. The van der Waals surface area contributed by atoms with E-state index in [0.717, 1.165) is 22.6 Å². The zero-order valence-corrected chi connectivity index (χ0v) is 15.8. The maximum absolute atomic E-state index is 12.4. The van der Waals surface area contributed by atoms with E-state index < -0.39 is 5.91 Å². The first-order valence-electron chi connectivity index (χ1n) is 8.41. The number of amides is 1. The Labute approximate surface area is 154 Å². The van der Waals surface area contributed by atoms with Crippen LogP contribution in [-0.2, 0) is 9.53 Å². The van der Waals surface area contributed by atoms with E-state index in [4.69, 9.17) is 4.74 Å². The summed E-state index contributed by atoms with van der Waals surface area (Å²) in [6.07, 6.45) is 1.61. The van der Waals surface area contributed by atoms with E-state index in [0.29, 0.717) is 12.4 Å². The number of hydrogen-bond donors (Lipinski definition) is 1. The van der Waals surface area contributed by atoms with Gasteiger partial charge in [0, 0.05) is 24.2 Å². The third kappa shape index (κ3) is 4.38. The molecule has 2 heterocycles. The van der Waals surface area contributed by atoms with Gasteiger partial charge in [0.2, 0.25) is 0 Å². The molecule has 0 bridgehead atoms. The molecule has 2 aromatic heterocycles. The van der Waals surface area contributed by atoms with Gasteiger partial charge in [0.1, 0.15) is 17.5 Å². The molecule has 0 aliphatic carbocycles. The molecule has 1 amide bonds. The second-order valence-electron chi connectivity index (χ2n) is 6.29. The van der Waals surface area contributed by atoms with Gasteiger partial charge in [0.15, 0.2) is 0 Å². The van der Waals surface area contributed by atoms with E-state index in [9.17, 15) is 10.1 Å². The van der Waals surface area contributed by atoms with Gasteiger partial charge in [-0.15, -0.1) is 0 Å². The Morgan fingerprint density at radius 3 is 2.77 bits per heavy atom. The molecule has 0 spiro atoms. The number of nitriles is 1. The largest absolute Gasteiger partial charge is 0.383 e. The SMILES string of the molecule is COCC(C)n1c(C)cc(/C=C(\C#N)C(=O)Nc2cccc(C)n2)c1C. The fraction of sp³-hybridized carbons (Fsp3) is 0.350. The Balaban J connectivity index is 2.30. The van der Waals surface area contributed by atoms with Crippen molar-refractivity contribution in [1.82, 2.24) is 9.55 Å². The molecule has 0 aliphatic heterocycles. The molecule has 1 atom stereocenters. The standard InChI is InChI=1S/C20H24N4O2/c1-13-7-6-8-19(22-13)23-20(25)18(11-21)10-17-9-14(2)24(16(17)4)15(3)12-26-5/h6-10,15H,12H2,1-5H3,(H,22,23,25)/b18-10+. The number of pyridine rings is 1. The lowest BCUT2D eigenvalue weighted by atomic mass is 10.1. The van der Waals surface area contributed by atoms with Crippen LogP contribution in [0.25, 0.3) is 6.08 Å². The highest BCUT2D eigenvalue weighted by atomic mass is 16.5. The molecule has 1 unspecified atom stereocenters. The lowest BCUT2D eigenvalue weighted by molar-refractivity contribution is -0.112. The first-order valence-corrected chi connectivity index (χ1v) is 8.41. The van der Waals surface area contributed by atoms with Gasteiger partial charge in [-0.3, -0.25) is 4.79 Å². The molecule has 0 radical (unpaired) electrons. The van der Waals surface area contributed by atoms with Crippen molar-refractivity contribution in [2.75, 3.05) is 19.0 Å². The number of aryl methyl sites for hydroxylation is 2. The highest BCUT2D eigenvalue weighted by molar-refractivity contribution is 6.09. The van der Waals surface area contributed by atoms with Crippen LogP contribution in [0, 0.1) is 32.1 Å². The third-order valence-corrected chi connectivity index (χ3v) is 4.17. The van der Waals surface area contributed by atoms with Crippen LogP contribution in [0.4, 0.5) is 5.82 Å². The molecule has 0 saturated heterocycles. The average molecular weight is 352 g/mol. The Bertz CT molecular complexity index is 874. The van der Waals surface area contributed by atoms with Crippen molar-refractivity contribution in [3.8, 4) is 6.07 Å². The molecule has 0 saturated carbocycles. The summed E-state index contributed by atoms with van der Waals surface area (Å²) in [5.74, 6) is -0.0457. The number of hydrogen-bond acceptors (Lipinski definition) is 4. The Morgan fingerprint density at radius 1 is 1.42 bits per heavy atom. The third-order valence-electron chi connectivity index (χ3n) is 4.17. The van der Waals surface area contributed by atoms with E-state index in [-0.39, 0.29) is 11.6 Å². The quantitative estimate of drug-likeness (QED) is 0.637. The van der Waals surface area contributed by atoms with Gasteiger partial charge >= 0.3 is 0 Å². The molecule has 6 nitrogen and oxygen atoms in total. The van der Waals surface area contributed by atoms with Crippen LogP contribution < -0.4 is 5.32 Å².